The Balaban J connectivity index is 1.65. The molecule has 0 spiro atoms. The molecule has 3 aromatic rings. The van der Waals surface area contributed by atoms with E-state index in [0.717, 1.165) is 26.9 Å². The molecule has 1 aromatic carbocycles. The molecular formula is C19H20N2O3S2. The summed E-state index contributed by atoms with van der Waals surface area (Å²) in [5, 5.41) is 4.94. The first-order valence-electron chi connectivity index (χ1n) is 8.04. The third-order valence-electron chi connectivity index (χ3n) is 3.94. The number of likely N-dealkylation sites (N-methyl/N-ethyl adjacent to an activating group) is 1. The largest absolute Gasteiger partial charge is 0.497 e. The third kappa shape index (κ3) is 4.23. The fourth-order valence-electron chi connectivity index (χ4n) is 2.52. The summed E-state index contributed by atoms with van der Waals surface area (Å²) in [6.07, 6.45) is 0.289. The van der Waals surface area contributed by atoms with Gasteiger partial charge >= 0.3 is 0 Å². The van der Waals surface area contributed by atoms with Crippen molar-refractivity contribution in [1.29, 1.82) is 0 Å². The highest BCUT2D eigenvalue weighted by Crippen LogP contribution is 2.28. The van der Waals surface area contributed by atoms with Gasteiger partial charge in [0.15, 0.2) is 0 Å². The number of benzene rings is 1. The molecule has 0 aliphatic heterocycles. The summed E-state index contributed by atoms with van der Waals surface area (Å²) < 4.78 is 10.6. The maximum absolute atomic E-state index is 12.6. The van der Waals surface area contributed by atoms with E-state index < -0.39 is 0 Å². The molecule has 0 radical (unpaired) electrons. The first-order valence-corrected chi connectivity index (χ1v) is 9.79. The lowest BCUT2D eigenvalue weighted by Crippen LogP contribution is -2.28. The fraction of sp³-hybridized carbons (Fsp3) is 0.263. The molecule has 26 heavy (non-hydrogen) atoms. The number of thiazole rings is 1. The monoisotopic (exact) mass is 388 g/mol. The SMILES string of the molecule is COc1ccc(CN(C)C(=O)Cc2csc(-c3cccs3)n2)c(OC)c1. The van der Waals surface area contributed by atoms with Crippen molar-refractivity contribution < 1.29 is 14.3 Å². The molecule has 136 valence electrons. The molecule has 5 nitrogen and oxygen atoms in total. The van der Waals surface area contributed by atoms with Crippen molar-refractivity contribution in [2.75, 3.05) is 21.3 Å². The van der Waals surface area contributed by atoms with Gasteiger partial charge in [0.2, 0.25) is 5.91 Å². The smallest absolute Gasteiger partial charge is 0.228 e. The Bertz CT molecular complexity index is 875. The molecule has 0 bridgehead atoms. The van der Waals surface area contributed by atoms with Gasteiger partial charge in [0.05, 0.1) is 31.2 Å². The van der Waals surface area contributed by atoms with E-state index in [1.165, 1.54) is 0 Å². The summed E-state index contributed by atoms with van der Waals surface area (Å²) in [7, 11) is 5.02. The Labute approximate surface area is 160 Å². The van der Waals surface area contributed by atoms with Gasteiger partial charge in [0.1, 0.15) is 16.5 Å². The number of rotatable bonds is 7. The Morgan fingerprint density at radius 3 is 2.73 bits per heavy atom. The predicted octanol–water partition coefficient (Wildman–Crippen LogP) is 4.09. The van der Waals surface area contributed by atoms with E-state index in [1.807, 2.05) is 41.1 Å². The quantitative estimate of drug-likeness (QED) is 0.612. The molecular weight excluding hydrogens is 368 g/mol. The van der Waals surface area contributed by atoms with Crippen molar-refractivity contribution >= 4 is 28.6 Å². The summed E-state index contributed by atoms with van der Waals surface area (Å²) in [6, 6.07) is 9.64. The molecule has 0 saturated carbocycles. The molecule has 0 N–H and O–H groups in total. The fourth-order valence-corrected chi connectivity index (χ4v) is 4.15. The van der Waals surface area contributed by atoms with Crippen LogP contribution in [-0.2, 0) is 17.8 Å². The van der Waals surface area contributed by atoms with E-state index in [4.69, 9.17) is 9.47 Å². The number of hydrogen-bond donors (Lipinski definition) is 0. The van der Waals surface area contributed by atoms with Crippen LogP contribution < -0.4 is 9.47 Å². The van der Waals surface area contributed by atoms with Gasteiger partial charge in [0, 0.05) is 30.6 Å². The van der Waals surface area contributed by atoms with Crippen LogP contribution in [0.2, 0.25) is 0 Å². The Kier molecular flexibility index (Phi) is 5.90. The van der Waals surface area contributed by atoms with Gasteiger partial charge in [-0.25, -0.2) is 4.98 Å². The number of methoxy groups -OCH3 is 2. The number of carbonyl (C=O) groups excluding carboxylic acids is 1. The second-order valence-corrected chi connectivity index (χ2v) is 7.53. The standard InChI is InChI=1S/C19H20N2O3S2/c1-21(11-13-6-7-15(23-2)10-16(13)24-3)18(22)9-14-12-26-19(20-14)17-5-4-8-25-17/h4-8,10,12H,9,11H2,1-3H3. The lowest BCUT2D eigenvalue weighted by molar-refractivity contribution is -0.129. The van der Waals surface area contributed by atoms with E-state index in [2.05, 4.69) is 4.98 Å². The average molecular weight is 389 g/mol. The molecule has 7 heteroatoms. The molecule has 0 saturated heterocycles. The van der Waals surface area contributed by atoms with E-state index in [0.29, 0.717) is 12.3 Å². The summed E-state index contributed by atoms with van der Waals surface area (Å²) in [5.41, 5.74) is 1.73. The van der Waals surface area contributed by atoms with Crippen LogP contribution in [0.25, 0.3) is 9.88 Å². The lowest BCUT2D eigenvalue weighted by Gasteiger charge is -2.19. The van der Waals surface area contributed by atoms with Gasteiger partial charge in [-0.1, -0.05) is 6.07 Å². The van der Waals surface area contributed by atoms with Gasteiger partial charge in [-0.15, -0.1) is 22.7 Å². The number of hydrogen-bond acceptors (Lipinski definition) is 6. The Morgan fingerprint density at radius 1 is 1.19 bits per heavy atom. The minimum absolute atomic E-state index is 0.0194. The van der Waals surface area contributed by atoms with Crippen LogP contribution in [0.1, 0.15) is 11.3 Å². The molecule has 1 amide bonds. The van der Waals surface area contributed by atoms with E-state index in [9.17, 15) is 4.79 Å². The van der Waals surface area contributed by atoms with Crippen molar-refractivity contribution in [1.82, 2.24) is 9.88 Å². The van der Waals surface area contributed by atoms with Gasteiger partial charge in [-0.2, -0.15) is 0 Å². The molecule has 2 aromatic heterocycles. The molecule has 0 unspecified atom stereocenters. The number of aromatic nitrogens is 1. The van der Waals surface area contributed by atoms with Crippen LogP contribution in [0, 0.1) is 0 Å². The van der Waals surface area contributed by atoms with E-state index >= 15 is 0 Å². The minimum Gasteiger partial charge on any atom is -0.497 e. The second-order valence-electron chi connectivity index (χ2n) is 5.73. The Morgan fingerprint density at radius 2 is 2.04 bits per heavy atom. The summed E-state index contributed by atoms with van der Waals surface area (Å²) in [6.45, 7) is 0.466. The van der Waals surface area contributed by atoms with Gasteiger partial charge in [0.25, 0.3) is 0 Å². The van der Waals surface area contributed by atoms with E-state index in [-0.39, 0.29) is 12.3 Å². The lowest BCUT2D eigenvalue weighted by atomic mass is 10.1. The average Bonchev–Trinajstić information content (AvgIpc) is 3.33. The van der Waals surface area contributed by atoms with Gasteiger partial charge in [-0.3, -0.25) is 4.79 Å². The minimum atomic E-state index is 0.0194. The predicted molar refractivity (Wildman–Crippen MR) is 105 cm³/mol. The van der Waals surface area contributed by atoms with Crippen molar-refractivity contribution in [3.63, 3.8) is 0 Å². The molecule has 0 atom stereocenters. The number of amides is 1. The molecule has 0 aliphatic rings. The second kappa shape index (κ2) is 8.33. The number of nitrogens with zero attached hydrogens (tertiary/aromatic N) is 2. The summed E-state index contributed by atoms with van der Waals surface area (Å²) in [5.74, 6) is 1.45. The first kappa shape index (κ1) is 18.4. The van der Waals surface area contributed by atoms with Crippen LogP contribution in [-0.4, -0.2) is 37.1 Å². The van der Waals surface area contributed by atoms with E-state index in [1.54, 1.807) is 48.8 Å². The summed E-state index contributed by atoms with van der Waals surface area (Å²) in [4.78, 5) is 20.0. The van der Waals surface area contributed by atoms with Crippen molar-refractivity contribution in [3.05, 3.63) is 52.3 Å². The van der Waals surface area contributed by atoms with Gasteiger partial charge in [-0.05, 0) is 23.6 Å². The van der Waals surface area contributed by atoms with Crippen molar-refractivity contribution in [2.45, 2.75) is 13.0 Å². The molecule has 0 aliphatic carbocycles. The molecule has 0 fully saturated rings. The highest BCUT2D eigenvalue weighted by atomic mass is 32.1. The number of thiophene rings is 1. The highest BCUT2D eigenvalue weighted by Gasteiger charge is 2.15. The number of carbonyl (C=O) groups is 1. The van der Waals surface area contributed by atoms with Crippen LogP contribution >= 0.6 is 22.7 Å². The zero-order chi connectivity index (χ0) is 18.5. The Hall–Kier alpha value is -2.38. The van der Waals surface area contributed by atoms with Crippen molar-refractivity contribution in [2.24, 2.45) is 0 Å². The van der Waals surface area contributed by atoms with Crippen LogP contribution in [0.3, 0.4) is 0 Å². The maximum atomic E-state index is 12.6. The van der Waals surface area contributed by atoms with Crippen LogP contribution in [0.5, 0.6) is 11.5 Å². The molecule has 2 heterocycles. The zero-order valence-corrected chi connectivity index (χ0v) is 16.5. The maximum Gasteiger partial charge on any atom is 0.228 e. The van der Waals surface area contributed by atoms with Crippen LogP contribution in [0.15, 0.2) is 41.1 Å². The highest BCUT2D eigenvalue weighted by molar-refractivity contribution is 7.20. The van der Waals surface area contributed by atoms with Gasteiger partial charge < -0.3 is 14.4 Å². The summed E-state index contributed by atoms with van der Waals surface area (Å²) >= 11 is 3.22. The zero-order valence-electron chi connectivity index (χ0n) is 14.9. The number of ether oxygens (including phenoxy) is 2. The topological polar surface area (TPSA) is 51.7 Å². The van der Waals surface area contributed by atoms with Crippen molar-refractivity contribution in [3.8, 4) is 21.4 Å². The molecule has 3 rings (SSSR count). The van der Waals surface area contributed by atoms with Crippen LogP contribution in [0.4, 0.5) is 0 Å². The normalized spacial score (nSPS) is 10.6. The first-order chi connectivity index (χ1) is 12.6. The third-order valence-corrected chi connectivity index (χ3v) is 5.87.